The van der Waals surface area contributed by atoms with Crippen molar-refractivity contribution >= 4 is 29.2 Å². The average Bonchev–Trinajstić information content (AvgIpc) is 2.32. The molecule has 0 saturated carbocycles. The monoisotopic (exact) mass is 252 g/mol. The molecule has 90 valence electrons. The lowest BCUT2D eigenvalue weighted by Crippen LogP contribution is -2.55. The number of anilines is 1. The lowest BCUT2D eigenvalue weighted by Gasteiger charge is -2.30. The molecule has 1 heterocycles. The zero-order valence-electron chi connectivity index (χ0n) is 9.44. The summed E-state index contributed by atoms with van der Waals surface area (Å²) in [7, 11) is 0. The van der Waals surface area contributed by atoms with Crippen LogP contribution in [0.3, 0.4) is 0 Å². The Balaban J connectivity index is 2.31. The van der Waals surface area contributed by atoms with Crippen LogP contribution in [-0.4, -0.2) is 18.5 Å². The SMILES string of the molecule is CCC1CNC(=O)N(c2ccc(Cl)cc2)C1=O. The summed E-state index contributed by atoms with van der Waals surface area (Å²) in [6.07, 6.45) is 0.712. The summed E-state index contributed by atoms with van der Waals surface area (Å²) >= 11 is 5.78. The summed E-state index contributed by atoms with van der Waals surface area (Å²) in [5, 5.41) is 3.28. The van der Waals surface area contributed by atoms with Gasteiger partial charge in [0.25, 0.3) is 0 Å². The fourth-order valence-electron chi connectivity index (χ4n) is 1.81. The van der Waals surface area contributed by atoms with E-state index in [0.717, 1.165) is 0 Å². The number of urea groups is 1. The van der Waals surface area contributed by atoms with Crippen molar-refractivity contribution in [3.63, 3.8) is 0 Å². The third-order valence-electron chi connectivity index (χ3n) is 2.85. The Morgan fingerprint density at radius 2 is 2.00 bits per heavy atom. The number of hydrogen-bond acceptors (Lipinski definition) is 2. The van der Waals surface area contributed by atoms with E-state index < -0.39 is 0 Å². The minimum atomic E-state index is -0.373. The van der Waals surface area contributed by atoms with E-state index in [1.165, 1.54) is 4.90 Å². The molecule has 5 heteroatoms. The second-order valence-electron chi connectivity index (χ2n) is 3.94. The molecule has 0 spiro atoms. The zero-order chi connectivity index (χ0) is 12.4. The Bertz CT molecular complexity index is 444. The smallest absolute Gasteiger partial charge is 0.328 e. The van der Waals surface area contributed by atoms with Crippen LogP contribution in [-0.2, 0) is 4.79 Å². The van der Waals surface area contributed by atoms with Crippen LogP contribution in [0.5, 0.6) is 0 Å². The molecule has 1 fully saturated rings. The molecule has 0 aliphatic carbocycles. The Labute approximate surface area is 105 Å². The molecule has 0 aromatic heterocycles. The van der Waals surface area contributed by atoms with Crippen LogP contribution in [0.25, 0.3) is 0 Å². The van der Waals surface area contributed by atoms with Gasteiger partial charge in [0.05, 0.1) is 11.6 Å². The van der Waals surface area contributed by atoms with Gasteiger partial charge in [0.1, 0.15) is 0 Å². The lowest BCUT2D eigenvalue weighted by atomic mass is 10.0. The molecule has 1 unspecified atom stereocenters. The first-order valence-electron chi connectivity index (χ1n) is 5.51. The highest BCUT2D eigenvalue weighted by molar-refractivity contribution is 6.30. The molecule has 1 aromatic carbocycles. The van der Waals surface area contributed by atoms with Crippen molar-refractivity contribution in [3.8, 4) is 0 Å². The van der Waals surface area contributed by atoms with Crippen molar-refractivity contribution in [3.05, 3.63) is 29.3 Å². The molecule has 1 aromatic rings. The molecule has 17 heavy (non-hydrogen) atoms. The largest absolute Gasteiger partial charge is 0.337 e. The van der Waals surface area contributed by atoms with Gasteiger partial charge in [-0.2, -0.15) is 0 Å². The number of carbonyl (C=O) groups is 2. The van der Waals surface area contributed by atoms with Gasteiger partial charge in [-0.15, -0.1) is 0 Å². The number of imide groups is 1. The Kier molecular flexibility index (Phi) is 3.33. The number of nitrogens with zero attached hydrogens (tertiary/aromatic N) is 1. The predicted molar refractivity (Wildman–Crippen MR) is 66.1 cm³/mol. The molecule has 4 nitrogen and oxygen atoms in total. The van der Waals surface area contributed by atoms with Crippen LogP contribution in [0.15, 0.2) is 24.3 Å². The fourth-order valence-corrected chi connectivity index (χ4v) is 1.94. The minimum absolute atomic E-state index is 0.150. The van der Waals surface area contributed by atoms with Crippen LogP contribution in [0.2, 0.25) is 5.02 Å². The van der Waals surface area contributed by atoms with E-state index in [4.69, 9.17) is 11.6 Å². The van der Waals surface area contributed by atoms with E-state index >= 15 is 0 Å². The van der Waals surface area contributed by atoms with Crippen LogP contribution in [0, 0.1) is 5.92 Å². The highest BCUT2D eigenvalue weighted by atomic mass is 35.5. The van der Waals surface area contributed by atoms with Gasteiger partial charge >= 0.3 is 6.03 Å². The number of carbonyl (C=O) groups excluding carboxylic acids is 2. The number of benzene rings is 1. The molecular weight excluding hydrogens is 240 g/mol. The fraction of sp³-hybridized carbons (Fsp3) is 0.333. The Hall–Kier alpha value is -1.55. The van der Waals surface area contributed by atoms with Crippen molar-refractivity contribution in [2.24, 2.45) is 5.92 Å². The topological polar surface area (TPSA) is 49.4 Å². The molecule has 0 bridgehead atoms. The molecule has 0 radical (unpaired) electrons. The lowest BCUT2D eigenvalue weighted by molar-refractivity contribution is -0.122. The molecule has 1 aliphatic rings. The first-order valence-corrected chi connectivity index (χ1v) is 5.88. The van der Waals surface area contributed by atoms with Crippen molar-refractivity contribution < 1.29 is 9.59 Å². The Morgan fingerprint density at radius 1 is 1.35 bits per heavy atom. The maximum atomic E-state index is 12.1. The third-order valence-corrected chi connectivity index (χ3v) is 3.10. The van der Waals surface area contributed by atoms with Gasteiger partial charge in [0.2, 0.25) is 5.91 Å². The second kappa shape index (κ2) is 4.75. The number of amides is 3. The highest BCUT2D eigenvalue weighted by Crippen LogP contribution is 2.23. The summed E-state index contributed by atoms with van der Waals surface area (Å²) in [6, 6.07) is 6.28. The van der Waals surface area contributed by atoms with Crippen molar-refractivity contribution in [1.29, 1.82) is 0 Å². The molecule has 1 N–H and O–H groups in total. The van der Waals surface area contributed by atoms with Gasteiger partial charge in [-0.05, 0) is 30.7 Å². The predicted octanol–water partition coefficient (Wildman–Crippen LogP) is 2.42. The number of hydrogen-bond donors (Lipinski definition) is 1. The van der Waals surface area contributed by atoms with Crippen LogP contribution >= 0.6 is 11.6 Å². The van der Waals surface area contributed by atoms with Gasteiger partial charge < -0.3 is 5.32 Å². The first-order chi connectivity index (χ1) is 8.13. The van der Waals surface area contributed by atoms with Gasteiger partial charge in [-0.25, -0.2) is 9.69 Å². The van der Waals surface area contributed by atoms with Crippen molar-refractivity contribution in [1.82, 2.24) is 5.32 Å². The molecular formula is C12H13ClN2O2. The maximum Gasteiger partial charge on any atom is 0.328 e. The maximum absolute atomic E-state index is 12.1. The quantitative estimate of drug-likeness (QED) is 0.879. The highest BCUT2D eigenvalue weighted by Gasteiger charge is 2.33. The van der Waals surface area contributed by atoms with E-state index in [0.29, 0.717) is 23.7 Å². The molecule has 1 aliphatic heterocycles. The van der Waals surface area contributed by atoms with Gasteiger partial charge in [0.15, 0.2) is 0 Å². The number of rotatable bonds is 2. The summed E-state index contributed by atoms with van der Waals surface area (Å²) < 4.78 is 0. The summed E-state index contributed by atoms with van der Waals surface area (Å²) in [6.45, 7) is 2.35. The normalized spacial score (nSPS) is 20.4. The molecule has 1 saturated heterocycles. The van der Waals surface area contributed by atoms with Crippen LogP contribution < -0.4 is 10.2 Å². The van der Waals surface area contributed by atoms with Gasteiger partial charge in [-0.1, -0.05) is 18.5 Å². The number of halogens is 1. The van der Waals surface area contributed by atoms with Crippen LogP contribution in [0.4, 0.5) is 10.5 Å². The summed E-state index contributed by atoms with van der Waals surface area (Å²) in [5.74, 6) is -0.304. The van der Waals surface area contributed by atoms with E-state index in [-0.39, 0.29) is 17.9 Å². The average molecular weight is 253 g/mol. The minimum Gasteiger partial charge on any atom is -0.337 e. The molecule has 2 rings (SSSR count). The van der Waals surface area contributed by atoms with E-state index in [9.17, 15) is 9.59 Å². The van der Waals surface area contributed by atoms with Gasteiger partial charge in [-0.3, -0.25) is 4.79 Å². The van der Waals surface area contributed by atoms with Crippen LogP contribution in [0.1, 0.15) is 13.3 Å². The molecule has 3 amide bonds. The van der Waals surface area contributed by atoms with Gasteiger partial charge in [0, 0.05) is 11.6 Å². The third kappa shape index (κ3) is 2.26. The number of nitrogens with one attached hydrogen (secondary N) is 1. The second-order valence-corrected chi connectivity index (χ2v) is 4.38. The Morgan fingerprint density at radius 3 is 2.59 bits per heavy atom. The molecule has 1 atom stereocenters. The van der Waals surface area contributed by atoms with E-state index in [1.54, 1.807) is 24.3 Å². The van der Waals surface area contributed by atoms with E-state index in [1.807, 2.05) is 6.92 Å². The van der Waals surface area contributed by atoms with Crippen molar-refractivity contribution in [2.75, 3.05) is 11.4 Å². The first kappa shape index (κ1) is 11.9. The summed E-state index contributed by atoms with van der Waals surface area (Å²) in [5.41, 5.74) is 0.551. The summed E-state index contributed by atoms with van der Waals surface area (Å²) in [4.78, 5) is 25.0. The standard InChI is InChI=1S/C12H13ClN2O2/c1-2-8-7-14-12(17)15(11(8)16)10-5-3-9(13)4-6-10/h3-6,8H,2,7H2,1H3,(H,14,17). The zero-order valence-corrected chi connectivity index (χ0v) is 10.2. The van der Waals surface area contributed by atoms with E-state index in [2.05, 4.69) is 5.32 Å². The van der Waals surface area contributed by atoms with Crippen molar-refractivity contribution in [2.45, 2.75) is 13.3 Å².